The third kappa shape index (κ3) is 4.08. The average Bonchev–Trinajstić information content (AvgIpc) is 3.07. The van der Waals surface area contributed by atoms with E-state index >= 15 is 4.39 Å². The Hall–Kier alpha value is -3.83. The smallest absolute Gasteiger partial charge is 0.530 e. The fraction of sp³-hybridized carbons (Fsp3) is 0.0476. The van der Waals surface area contributed by atoms with E-state index < -0.39 is 117 Å². The second-order valence-corrected chi connectivity index (χ2v) is 7.48. The first kappa shape index (κ1) is 28.2. The maximum atomic E-state index is 15.7. The maximum absolute atomic E-state index is 15.7. The van der Waals surface area contributed by atoms with Gasteiger partial charge in [0.15, 0.2) is 69.8 Å². The van der Waals surface area contributed by atoms with Gasteiger partial charge in [0.2, 0.25) is 5.83 Å². The second kappa shape index (κ2) is 9.42. The molecule has 0 radical (unpaired) electrons. The zero-order chi connectivity index (χ0) is 29.3. The highest BCUT2D eigenvalue weighted by Gasteiger charge is 2.58. The molecular weight excluding hydrogens is 580 g/mol. The highest BCUT2D eigenvalue weighted by atomic mass is 19.2. The van der Waals surface area contributed by atoms with Crippen LogP contribution in [0.5, 0.6) is 5.75 Å². The molecule has 0 bridgehead atoms. The molecule has 0 heterocycles. The molecule has 0 fully saturated rings. The minimum absolute atomic E-state index is 0.159. The van der Waals surface area contributed by atoms with Gasteiger partial charge >= 0.3 is 7.12 Å². The monoisotopic (exact) mass is 582 g/mol. The standard InChI is InChI=1S/C21H2BF15O2/c23-3-1-4(24)9(25)5(2-3)38-22(8-13(29)17(33)19(35)18(34)14(8)30)39-21(37)7-6(11(27)20(21)36)10(26)15(31)16(32)12(7)28/h1-2H. The van der Waals surface area contributed by atoms with Crippen molar-refractivity contribution in [2.75, 3.05) is 0 Å². The van der Waals surface area contributed by atoms with E-state index in [-0.39, 0.29) is 12.1 Å². The van der Waals surface area contributed by atoms with E-state index in [0.29, 0.717) is 0 Å². The average molecular weight is 582 g/mol. The molecule has 0 spiro atoms. The molecule has 3 aromatic rings. The zero-order valence-corrected chi connectivity index (χ0v) is 17.7. The first-order valence-corrected chi connectivity index (χ1v) is 9.66. The van der Waals surface area contributed by atoms with E-state index in [2.05, 4.69) is 9.31 Å². The van der Waals surface area contributed by atoms with Crippen LogP contribution in [-0.4, -0.2) is 7.12 Å². The first-order valence-electron chi connectivity index (χ1n) is 9.66. The van der Waals surface area contributed by atoms with Gasteiger partial charge in [-0.15, -0.1) is 0 Å². The highest BCUT2D eigenvalue weighted by molar-refractivity contribution is 6.62. The predicted octanol–water partition coefficient (Wildman–Crippen LogP) is 6.59. The van der Waals surface area contributed by atoms with Crippen LogP contribution in [0.2, 0.25) is 0 Å². The Bertz CT molecular complexity index is 1560. The molecule has 1 aliphatic rings. The number of rotatable bonds is 5. The molecule has 0 N–H and O–H groups in total. The summed E-state index contributed by atoms with van der Waals surface area (Å²) in [4.78, 5) is 0. The molecule has 18 heteroatoms. The molecule has 1 unspecified atom stereocenters. The van der Waals surface area contributed by atoms with Crippen molar-refractivity contribution in [2.45, 2.75) is 5.85 Å². The minimum Gasteiger partial charge on any atom is -0.530 e. The number of benzene rings is 3. The van der Waals surface area contributed by atoms with Crippen LogP contribution in [0.4, 0.5) is 65.9 Å². The molecule has 4 rings (SSSR count). The molecule has 0 aromatic heterocycles. The molecule has 1 atom stereocenters. The first-order chi connectivity index (χ1) is 18.0. The zero-order valence-electron chi connectivity index (χ0n) is 17.7. The van der Waals surface area contributed by atoms with Gasteiger partial charge in [0.25, 0.3) is 5.85 Å². The van der Waals surface area contributed by atoms with Crippen molar-refractivity contribution in [3.8, 4) is 5.75 Å². The van der Waals surface area contributed by atoms with Crippen LogP contribution in [0, 0.1) is 69.8 Å². The van der Waals surface area contributed by atoms with Crippen molar-refractivity contribution in [3.63, 3.8) is 0 Å². The number of hydrogen-bond acceptors (Lipinski definition) is 2. The summed E-state index contributed by atoms with van der Waals surface area (Å²) in [6, 6.07) is -0.329. The Balaban J connectivity index is 2.01. The summed E-state index contributed by atoms with van der Waals surface area (Å²) in [6.07, 6.45) is 0. The Kier molecular flexibility index (Phi) is 6.81. The molecule has 39 heavy (non-hydrogen) atoms. The predicted molar refractivity (Wildman–Crippen MR) is 97.8 cm³/mol. The lowest BCUT2D eigenvalue weighted by Crippen LogP contribution is -2.49. The summed E-state index contributed by atoms with van der Waals surface area (Å²) in [5, 5.41) is 0. The van der Waals surface area contributed by atoms with Crippen molar-refractivity contribution in [3.05, 3.63) is 98.9 Å². The van der Waals surface area contributed by atoms with Crippen LogP contribution >= 0.6 is 0 Å². The summed E-state index contributed by atoms with van der Waals surface area (Å²) in [6.45, 7) is 0. The maximum Gasteiger partial charge on any atom is 0.571 e. The summed E-state index contributed by atoms with van der Waals surface area (Å²) in [5.74, 6) is -45.1. The van der Waals surface area contributed by atoms with Crippen molar-refractivity contribution in [2.24, 2.45) is 0 Å². The molecular formula is C21H2BF15O2. The lowest BCUT2D eigenvalue weighted by molar-refractivity contribution is -0.0622. The Labute approximate surface area is 205 Å². The molecule has 0 aliphatic heterocycles. The minimum atomic E-state index is -5.16. The summed E-state index contributed by atoms with van der Waals surface area (Å²) in [7, 11) is -3.82. The second-order valence-electron chi connectivity index (χ2n) is 7.48. The molecule has 2 nitrogen and oxygen atoms in total. The van der Waals surface area contributed by atoms with E-state index in [9.17, 15) is 61.5 Å². The molecule has 1 aliphatic carbocycles. The van der Waals surface area contributed by atoms with E-state index in [1.54, 1.807) is 0 Å². The molecule has 0 saturated carbocycles. The van der Waals surface area contributed by atoms with Crippen LogP contribution < -0.4 is 10.1 Å². The van der Waals surface area contributed by atoms with Crippen LogP contribution in [-0.2, 0) is 10.5 Å². The van der Waals surface area contributed by atoms with E-state index in [0.717, 1.165) is 0 Å². The van der Waals surface area contributed by atoms with E-state index in [1.165, 1.54) is 0 Å². The van der Waals surface area contributed by atoms with Crippen LogP contribution in [0.25, 0.3) is 5.83 Å². The number of hydrogen-bond donors (Lipinski definition) is 0. The fourth-order valence-corrected chi connectivity index (χ4v) is 3.46. The van der Waals surface area contributed by atoms with Gasteiger partial charge in [-0.2, -0.15) is 8.78 Å². The Morgan fingerprint density at radius 2 is 1.05 bits per heavy atom. The van der Waals surface area contributed by atoms with Crippen molar-refractivity contribution in [1.29, 1.82) is 0 Å². The van der Waals surface area contributed by atoms with Gasteiger partial charge in [-0.05, 0) is 0 Å². The van der Waals surface area contributed by atoms with Gasteiger partial charge < -0.3 is 9.31 Å². The topological polar surface area (TPSA) is 18.5 Å². The summed E-state index contributed by atoms with van der Waals surface area (Å²) >= 11 is 0. The lowest BCUT2D eigenvalue weighted by atomic mass is 9.76. The molecule has 0 saturated heterocycles. The third-order valence-electron chi connectivity index (χ3n) is 5.23. The third-order valence-corrected chi connectivity index (χ3v) is 5.23. The van der Waals surface area contributed by atoms with Gasteiger partial charge in [-0.3, -0.25) is 0 Å². The summed E-state index contributed by atoms with van der Waals surface area (Å²) < 4.78 is 220. The molecule has 206 valence electrons. The Morgan fingerprint density at radius 3 is 1.62 bits per heavy atom. The van der Waals surface area contributed by atoms with Gasteiger partial charge in [-0.25, -0.2) is 57.1 Å². The molecule has 0 amide bonds. The summed E-state index contributed by atoms with van der Waals surface area (Å²) in [5.41, 5.74) is -7.35. The van der Waals surface area contributed by atoms with E-state index in [4.69, 9.17) is 0 Å². The lowest BCUT2D eigenvalue weighted by Gasteiger charge is -2.27. The normalized spacial score (nSPS) is 16.7. The van der Waals surface area contributed by atoms with Gasteiger partial charge in [0, 0.05) is 12.1 Å². The quantitative estimate of drug-likeness (QED) is 0.146. The SMILES string of the molecule is FC1=C(F)C(F)(OB(Oc2cc(F)cc(F)c2F)c2c(F)c(F)c(F)c(F)c2F)c2c(F)c(F)c(F)c(F)c21. The van der Waals surface area contributed by atoms with E-state index in [1.807, 2.05) is 0 Å². The number of fused-ring (bicyclic) bond motifs is 1. The Morgan fingerprint density at radius 1 is 0.564 bits per heavy atom. The molecule has 3 aromatic carbocycles. The van der Waals surface area contributed by atoms with Gasteiger partial charge in [0.1, 0.15) is 11.6 Å². The van der Waals surface area contributed by atoms with Crippen molar-refractivity contribution >= 4 is 18.4 Å². The number of alkyl halides is 1. The van der Waals surface area contributed by atoms with Crippen molar-refractivity contribution < 1.29 is 75.2 Å². The number of halogens is 15. The van der Waals surface area contributed by atoms with Crippen LogP contribution in [0.15, 0.2) is 18.0 Å². The van der Waals surface area contributed by atoms with Gasteiger partial charge in [-0.1, -0.05) is 0 Å². The fourth-order valence-electron chi connectivity index (χ4n) is 3.46. The highest BCUT2D eigenvalue weighted by Crippen LogP contribution is 2.52. The largest absolute Gasteiger partial charge is 0.571 e. The van der Waals surface area contributed by atoms with Crippen LogP contribution in [0.3, 0.4) is 0 Å². The van der Waals surface area contributed by atoms with Crippen molar-refractivity contribution in [1.82, 2.24) is 0 Å². The van der Waals surface area contributed by atoms with Gasteiger partial charge in [0.05, 0.1) is 16.6 Å². The van der Waals surface area contributed by atoms with Crippen LogP contribution in [0.1, 0.15) is 11.1 Å².